The monoisotopic (exact) mass is 209 g/mol. The lowest BCUT2D eigenvalue weighted by Crippen LogP contribution is -2.09. The minimum atomic E-state index is -0.742. The molecule has 1 N–H and O–H groups in total. The van der Waals surface area contributed by atoms with Gasteiger partial charge in [-0.2, -0.15) is 0 Å². The van der Waals surface area contributed by atoms with Gasteiger partial charge in [-0.1, -0.05) is 0 Å². The topological polar surface area (TPSA) is 64.6 Å². The molecule has 0 aliphatic carbocycles. The van der Waals surface area contributed by atoms with Crippen LogP contribution in [0.5, 0.6) is 5.75 Å². The van der Waals surface area contributed by atoms with Crippen LogP contribution in [0.1, 0.15) is 6.92 Å². The van der Waals surface area contributed by atoms with Crippen molar-refractivity contribution in [1.82, 2.24) is 0 Å². The number of benzene rings is 1. The first-order chi connectivity index (χ1) is 7.26. The van der Waals surface area contributed by atoms with Crippen molar-refractivity contribution in [2.45, 2.75) is 6.92 Å². The lowest BCUT2D eigenvalue weighted by molar-refractivity contribution is -0.105. The Labute approximate surface area is 87.0 Å². The Morgan fingerprint density at radius 1 is 1.40 bits per heavy atom. The van der Waals surface area contributed by atoms with Crippen molar-refractivity contribution >= 4 is 18.3 Å². The molecule has 1 aromatic carbocycles. The third-order valence-corrected chi connectivity index (χ3v) is 1.54. The molecule has 15 heavy (non-hydrogen) atoms. The van der Waals surface area contributed by atoms with Crippen LogP contribution in [0.15, 0.2) is 24.3 Å². The predicted octanol–water partition coefficient (Wildman–Crippen LogP) is 1.79. The van der Waals surface area contributed by atoms with Gasteiger partial charge in [-0.15, -0.1) is 0 Å². The summed E-state index contributed by atoms with van der Waals surface area (Å²) in [6.45, 7) is 1.96. The highest BCUT2D eigenvalue weighted by molar-refractivity contribution is 5.71. The number of ether oxygens (including phenoxy) is 2. The second-order valence-electron chi connectivity index (χ2n) is 2.57. The molecule has 5 nitrogen and oxygen atoms in total. The van der Waals surface area contributed by atoms with Crippen molar-refractivity contribution < 1.29 is 19.1 Å². The molecule has 80 valence electrons. The Hall–Kier alpha value is -2.04. The zero-order valence-electron chi connectivity index (χ0n) is 8.23. The first-order valence-corrected chi connectivity index (χ1v) is 4.41. The van der Waals surface area contributed by atoms with E-state index in [0.717, 1.165) is 0 Å². The van der Waals surface area contributed by atoms with Gasteiger partial charge in [0.25, 0.3) is 0 Å². The van der Waals surface area contributed by atoms with E-state index < -0.39 is 6.16 Å². The van der Waals surface area contributed by atoms with Crippen LogP contribution in [0.2, 0.25) is 0 Å². The van der Waals surface area contributed by atoms with E-state index in [-0.39, 0.29) is 6.61 Å². The van der Waals surface area contributed by atoms with Crippen LogP contribution in [0.25, 0.3) is 0 Å². The number of hydrogen-bond donors (Lipinski definition) is 1. The largest absolute Gasteiger partial charge is 0.513 e. The molecule has 0 aliphatic rings. The van der Waals surface area contributed by atoms with Crippen molar-refractivity contribution in [1.29, 1.82) is 0 Å². The van der Waals surface area contributed by atoms with Crippen LogP contribution in [-0.2, 0) is 9.53 Å². The summed E-state index contributed by atoms with van der Waals surface area (Å²) < 4.78 is 9.40. The maximum atomic E-state index is 10.9. The molecule has 0 saturated carbocycles. The minimum Gasteiger partial charge on any atom is -0.434 e. The Morgan fingerprint density at radius 3 is 2.60 bits per heavy atom. The van der Waals surface area contributed by atoms with Gasteiger partial charge in [0.15, 0.2) is 0 Å². The molecule has 0 unspecified atom stereocenters. The number of hydrogen-bond acceptors (Lipinski definition) is 4. The molecule has 1 amide bonds. The molecule has 0 aromatic heterocycles. The minimum absolute atomic E-state index is 0.267. The summed E-state index contributed by atoms with van der Waals surface area (Å²) in [5, 5.41) is 2.46. The van der Waals surface area contributed by atoms with E-state index in [1.165, 1.54) is 0 Å². The average molecular weight is 209 g/mol. The van der Waals surface area contributed by atoms with E-state index in [0.29, 0.717) is 17.8 Å². The molecule has 0 aliphatic heterocycles. The van der Waals surface area contributed by atoms with E-state index in [2.05, 4.69) is 10.1 Å². The number of anilines is 1. The summed E-state index contributed by atoms with van der Waals surface area (Å²) in [6.07, 6.45) is -0.171. The molecule has 0 heterocycles. The van der Waals surface area contributed by atoms with Crippen molar-refractivity contribution in [2.24, 2.45) is 0 Å². The summed E-state index contributed by atoms with van der Waals surface area (Å²) in [6, 6.07) is 6.34. The maximum absolute atomic E-state index is 10.9. The molecule has 1 aromatic rings. The molecule has 1 rings (SSSR count). The fraction of sp³-hybridized carbons (Fsp3) is 0.200. The Kier molecular flexibility index (Phi) is 4.15. The van der Waals surface area contributed by atoms with E-state index in [1.807, 2.05) is 0 Å². The maximum Gasteiger partial charge on any atom is 0.513 e. The third kappa shape index (κ3) is 3.68. The highest BCUT2D eigenvalue weighted by atomic mass is 16.7. The fourth-order valence-electron chi connectivity index (χ4n) is 0.931. The first-order valence-electron chi connectivity index (χ1n) is 4.41. The van der Waals surface area contributed by atoms with Crippen LogP contribution in [-0.4, -0.2) is 19.2 Å². The van der Waals surface area contributed by atoms with Gasteiger partial charge in [0.1, 0.15) is 5.75 Å². The number of amides is 1. The van der Waals surface area contributed by atoms with E-state index >= 15 is 0 Å². The summed E-state index contributed by atoms with van der Waals surface area (Å²) in [4.78, 5) is 21.0. The molecule has 0 spiro atoms. The quantitative estimate of drug-likeness (QED) is 0.466. The second-order valence-corrected chi connectivity index (χ2v) is 2.57. The summed E-state index contributed by atoms with van der Waals surface area (Å²) >= 11 is 0. The van der Waals surface area contributed by atoms with Gasteiger partial charge in [0, 0.05) is 5.69 Å². The zero-order chi connectivity index (χ0) is 11.1. The highest BCUT2D eigenvalue weighted by Crippen LogP contribution is 2.15. The molecule has 0 radical (unpaired) electrons. The average Bonchev–Trinajstić information content (AvgIpc) is 2.22. The SMILES string of the molecule is CCOC(=O)Oc1ccc(NC=O)cc1. The Morgan fingerprint density at radius 2 is 2.07 bits per heavy atom. The van der Waals surface area contributed by atoms with Crippen LogP contribution < -0.4 is 10.1 Å². The smallest absolute Gasteiger partial charge is 0.434 e. The summed E-state index contributed by atoms with van der Waals surface area (Å²) in [5.74, 6) is 0.366. The normalized spacial score (nSPS) is 9.13. The highest BCUT2D eigenvalue weighted by Gasteiger charge is 2.03. The molecular formula is C10H11NO4. The van der Waals surface area contributed by atoms with Crippen LogP contribution >= 0.6 is 0 Å². The number of nitrogens with one attached hydrogen (secondary N) is 1. The van der Waals surface area contributed by atoms with Gasteiger partial charge in [0.2, 0.25) is 6.41 Å². The fourth-order valence-corrected chi connectivity index (χ4v) is 0.931. The number of carbonyl (C=O) groups is 2. The van der Waals surface area contributed by atoms with Gasteiger partial charge >= 0.3 is 6.16 Å². The van der Waals surface area contributed by atoms with Crippen LogP contribution in [0.3, 0.4) is 0 Å². The van der Waals surface area contributed by atoms with Crippen LogP contribution in [0, 0.1) is 0 Å². The molecule has 0 atom stereocenters. The first kappa shape index (κ1) is 11.0. The van der Waals surface area contributed by atoms with Gasteiger partial charge in [-0.05, 0) is 31.2 Å². The zero-order valence-corrected chi connectivity index (χ0v) is 8.23. The van der Waals surface area contributed by atoms with Crippen LogP contribution in [0.4, 0.5) is 10.5 Å². The molecule has 5 heteroatoms. The van der Waals surface area contributed by atoms with E-state index in [9.17, 15) is 9.59 Å². The van der Waals surface area contributed by atoms with Crippen molar-refractivity contribution in [2.75, 3.05) is 11.9 Å². The summed E-state index contributed by atoms with van der Waals surface area (Å²) in [5.41, 5.74) is 0.626. The molecular weight excluding hydrogens is 198 g/mol. The lowest BCUT2D eigenvalue weighted by Gasteiger charge is -2.04. The summed E-state index contributed by atoms with van der Waals surface area (Å²) in [7, 11) is 0. The van der Waals surface area contributed by atoms with Gasteiger partial charge in [-0.3, -0.25) is 4.79 Å². The second kappa shape index (κ2) is 5.64. The van der Waals surface area contributed by atoms with Crippen molar-refractivity contribution in [3.8, 4) is 5.75 Å². The van der Waals surface area contributed by atoms with E-state index in [1.54, 1.807) is 31.2 Å². The van der Waals surface area contributed by atoms with Gasteiger partial charge in [-0.25, -0.2) is 4.79 Å². The molecule has 0 fully saturated rings. The number of rotatable bonds is 4. The van der Waals surface area contributed by atoms with Gasteiger partial charge < -0.3 is 14.8 Å². The van der Waals surface area contributed by atoms with E-state index in [4.69, 9.17) is 4.74 Å². The Balaban J connectivity index is 2.56. The van der Waals surface area contributed by atoms with Crippen molar-refractivity contribution in [3.05, 3.63) is 24.3 Å². The molecule has 0 bridgehead atoms. The van der Waals surface area contributed by atoms with Crippen molar-refractivity contribution in [3.63, 3.8) is 0 Å². The predicted molar refractivity (Wildman–Crippen MR) is 53.8 cm³/mol. The standard InChI is InChI=1S/C10H11NO4/c1-2-14-10(13)15-9-5-3-8(4-6-9)11-7-12/h3-7H,2H2,1H3,(H,11,12). The van der Waals surface area contributed by atoms with Gasteiger partial charge in [0.05, 0.1) is 6.61 Å². The third-order valence-electron chi connectivity index (χ3n) is 1.54. The number of carbonyl (C=O) groups excluding carboxylic acids is 2. The molecule has 0 saturated heterocycles. The Bertz CT molecular complexity index is 334. The lowest BCUT2D eigenvalue weighted by atomic mass is 10.3.